The highest BCUT2D eigenvalue weighted by molar-refractivity contribution is 5.70. The van der Waals surface area contributed by atoms with Gasteiger partial charge in [-0.05, 0) is 51.4 Å². The summed E-state index contributed by atoms with van der Waals surface area (Å²) in [6, 6.07) is 0. The van der Waals surface area contributed by atoms with Gasteiger partial charge in [0.15, 0.2) is 18.7 Å². The Morgan fingerprint density at radius 3 is 1.33 bits per heavy atom. The second kappa shape index (κ2) is 43.9. The fraction of sp³-hybridized carbons (Fsp3) is 0.860. The number of carbonyl (C=O) groups is 2. The van der Waals surface area contributed by atoms with Crippen LogP contribution in [0.4, 0.5) is 0 Å². The fourth-order valence-corrected chi connectivity index (χ4v) is 8.93. The lowest BCUT2D eigenvalue weighted by atomic mass is 9.98. The van der Waals surface area contributed by atoms with Crippen molar-refractivity contribution in [1.29, 1.82) is 0 Å². The summed E-state index contributed by atoms with van der Waals surface area (Å²) in [4.78, 5) is 25.8. The molecule has 0 amide bonds. The van der Waals surface area contributed by atoms with E-state index in [0.717, 1.165) is 51.4 Å². The van der Waals surface area contributed by atoms with Crippen molar-refractivity contribution in [2.45, 2.75) is 287 Å². The van der Waals surface area contributed by atoms with Crippen molar-refractivity contribution in [1.82, 2.24) is 0 Å². The van der Waals surface area contributed by atoms with Gasteiger partial charge in [0.2, 0.25) is 0 Å². The molecule has 7 N–H and O–H groups in total. The third kappa shape index (κ3) is 30.9. The van der Waals surface area contributed by atoms with Gasteiger partial charge in [-0.3, -0.25) is 9.59 Å². The minimum absolute atomic E-state index is 0.161. The Bertz CT molecular complexity index is 1390. The number of hydrogen-bond acceptors (Lipinski definition) is 15. The van der Waals surface area contributed by atoms with Crippen LogP contribution < -0.4 is 0 Å². The first kappa shape index (κ1) is 65.8. The van der Waals surface area contributed by atoms with Crippen molar-refractivity contribution >= 4 is 11.9 Å². The van der Waals surface area contributed by atoms with Crippen LogP contribution >= 0.6 is 0 Å². The molecule has 2 aliphatic rings. The Hall–Kier alpha value is -2.28. The molecule has 15 heteroatoms. The zero-order valence-corrected chi connectivity index (χ0v) is 44.7. The summed E-state index contributed by atoms with van der Waals surface area (Å²) in [6.45, 7) is 2.55. The van der Waals surface area contributed by atoms with Crippen LogP contribution in [0.2, 0.25) is 0 Å². The van der Waals surface area contributed by atoms with Crippen molar-refractivity contribution in [3.63, 3.8) is 0 Å². The average molecular weight is 1030 g/mol. The molecule has 0 radical (unpaired) electrons. The van der Waals surface area contributed by atoms with Crippen molar-refractivity contribution in [2.75, 3.05) is 26.4 Å². The van der Waals surface area contributed by atoms with E-state index < -0.39 is 99.3 Å². The average Bonchev–Trinajstić information content (AvgIpc) is 3.37. The van der Waals surface area contributed by atoms with Crippen LogP contribution in [0.25, 0.3) is 0 Å². The predicted octanol–water partition coefficient (Wildman–Crippen LogP) is 9.27. The first-order valence-electron chi connectivity index (χ1n) is 28.6. The molecule has 0 aliphatic carbocycles. The van der Waals surface area contributed by atoms with Crippen molar-refractivity contribution in [3.8, 4) is 0 Å². The van der Waals surface area contributed by atoms with E-state index in [2.05, 4.69) is 50.3 Å². The topological polar surface area (TPSA) is 231 Å². The standard InChI is InChI=1S/C57H102O15/c1-3-5-7-9-11-13-15-17-19-20-21-22-23-24-26-28-30-32-34-36-38-40-49(60)70-45(42-67-48(59)39-37-35-33-31-29-27-25-18-16-14-12-10-8-6-4-2)43-68-56-55(66)53(64)51(62)47(72-56)44-69-57-54(65)52(63)50(61)46(41-58)71-57/h12,14,18,25,29,31,45-47,50-58,61-66H,3-11,13,15-17,19-24,26-28,30,32-44H2,1-2H3/b14-12+,25-18+,31-29+/t45-,46+,47+,50-,51-,52?,53?,54?,55?,56+,57+/m1/s1. The summed E-state index contributed by atoms with van der Waals surface area (Å²) in [5.41, 5.74) is 0. The molecule has 0 saturated carbocycles. The van der Waals surface area contributed by atoms with Crippen LogP contribution in [0.1, 0.15) is 219 Å². The van der Waals surface area contributed by atoms with Crippen molar-refractivity contribution in [3.05, 3.63) is 36.5 Å². The lowest BCUT2D eigenvalue weighted by Gasteiger charge is -2.42. The van der Waals surface area contributed by atoms with Gasteiger partial charge in [-0.2, -0.15) is 0 Å². The zero-order valence-electron chi connectivity index (χ0n) is 44.7. The van der Waals surface area contributed by atoms with Gasteiger partial charge < -0.3 is 64.2 Å². The Morgan fingerprint density at radius 2 is 0.833 bits per heavy atom. The number of carbonyl (C=O) groups excluding carboxylic acids is 2. The van der Waals surface area contributed by atoms with Crippen molar-refractivity contribution in [2.24, 2.45) is 0 Å². The van der Waals surface area contributed by atoms with E-state index in [4.69, 9.17) is 28.4 Å². The molecule has 420 valence electrons. The van der Waals surface area contributed by atoms with E-state index in [1.54, 1.807) is 0 Å². The molecule has 2 heterocycles. The third-order valence-corrected chi connectivity index (χ3v) is 13.6. The maximum absolute atomic E-state index is 13.1. The second-order valence-electron chi connectivity index (χ2n) is 20.1. The second-order valence-corrected chi connectivity index (χ2v) is 20.1. The summed E-state index contributed by atoms with van der Waals surface area (Å²) >= 11 is 0. The first-order chi connectivity index (χ1) is 35.0. The van der Waals surface area contributed by atoms with Gasteiger partial charge in [0.25, 0.3) is 0 Å². The normalized spacial score (nSPS) is 25.2. The molecule has 72 heavy (non-hydrogen) atoms. The number of esters is 2. The maximum atomic E-state index is 13.1. The maximum Gasteiger partial charge on any atom is 0.306 e. The molecule has 15 nitrogen and oxygen atoms in total. The number of allylic oxidation sites excluding steroid dienone is 6. The van der Waals surface area contributed by atoms with Crippen LogP contribution in [0, 0.1) is 0 Å². The number of ether oxygens (including phenoxy) is 6. The van der Waals surface area contributed by atoms with E-state index in [1.807, 2.05) is 0 Å². The van der Waals surface area contributed by atoms with Gasteiger partial charge in [0.05, 0.1) is 19.8 Å². The van der Waals surface area contributed by atoms with Crippen LogP contribution in [-0.4, -0.2) is 142 Å². The van der Waals surface area contributed by atoms with E-state index in [1.165, 1.54) is 128 Å². The Kier molecular flexibility index (Phi) is 40.1. The summed E-state index contributed by atoms with van der Waals surface area (Å²) in [7, 11) is 0. The fourth-order valence-electron chi connectivity index (χ4n) is 8.93. The lowest BCUT2D eigenvalue weighted by molar-refractivity contribution is -0.332. The largest absolute Gasteiger partial charge is 0.462 e. The van der Waals surface area contributed by atoms with E-state index in [-0.39, 0.29) is 19.4 Å². The summed E-state index contributed by atoms with van der Waals surface area (Å²) in [5, 5.41) is 72.2. The van der Waals surface area contributed by atoms with Crippen molar-refractivity contribution < 1.29 is 73.8 Å². The predicted molar refractivity (Wildman–Crippen MR) is 280 cm³/mol. The molecule has 0 spiro atoms. The molecule has 2 aliphatic heterocycles. The van der Waals surface area contributed by atoms with E-state index in [0.29, 0.717) is 12.8 Å². The van der Waals surface area contributed by atoms with E-state index >= 15 is 0 Å². The molecule has 11 atom stereocenters. The minimum Gasteiger partial charge on any atom is -0.462 e. The molecule has 2 rings (SSSR count). The van der Waals surface area contributed by atoms with Crippen LogP contribution in [0.3, 0.4) is 0 Å². The smallest absolute Gasteiger partial charge is 0.306 e. The number of aliphatic hydroxyl groups is 7. The highest BCUT2D eigenvalue weighted by Gasteiger charge is 2.47. The number of unbranched alkanes of at least 4 members (excludes halogenated alkanes) is 25. The van der Waals surface area contributed by atoms with Gasteiger partial charge >= 0.3 is 11.9 Å². The quantitative estimate of drug-likeness (QED) is 0.0171. The highest BCUT2D eigenvalue weighted by Crippen LogP contribution is 2.27. The molecule has 2 fully saturated rings. The van der Waals surface area contributed by atoms with Gasteiger partial charge in [0.1, 0.15) is 55.4 Å². The van der Waals surface area contributed by atoms with E-state index in [9.17, 15) is 45.3 Å². The Balaban J connectivity index is 1.76. The Morgan fingerprint density at radius 1 is 0.444 bits per heavy atom. The highest BCUT2D eigenvalue weighted by atomic mass is 16.7. The lowest BCUT2D eigenvalue weighted by Crippen LogP contribution is -2.61. The third-order valence-electron chi connectivity index (χ3n) is 13.6. The number of aliphatic hydroxyl groups excluding tert-OH is 7. The SMILES string of the molecule is CCCCC/C=C/C/C=C/C/C=C/CCCCC(=O)OC[C@H](CO[C@H]1O[C@@H](CO[C@H]2O[C@@H](CO)[C@@H](O)C(O)C2O)[C@@H](O)C(O)C1O)OC(=O)CCCCCCCCCCCCCCCCCCCCCCC. The molecule has 0 bridgehead atoms. The summed E-state index contributed by atoms with van der Waals surface area (Å²) in [5.74, 6) is -0.961. The molecule has 0 aromatic carbocycles. The monoisotopic (exact) mass is 1030 g/mol. The molecule has 0 aromatic heterocycles. The van der Waals surface area contributed by atoms with Gasteiger partial charge in [-0.25, -0.2) is 0 Å². The Labute approximate surface area is 434 Å². The zero-order chi connectivity index (χ0) is 52.4. The minimum atomic E-state index is -1.77. The van der Waals surface area contributed by atoms with Crippen LogP contribution in [0.15, 0.2) is 36.5 Å². The van der Waals surface area contributed by atoms with Gasteiger partial charge in [-0.15, -0.1) is 0 Å². The van der Waals surface area contributed by atoms with Gasteiger partial charge in [-0.1, -0.05) is 192 Å². The summed E-state index contributed by atoms with van der Waals surface area (Å²) < 4.78 is 33.6. The van der Waals surface area contributed by atoms with Crippen LogP contribution in [-0.2, 0) is 38.0 Å². The van der Waals surface area contributed by atoms with Gasteiger partial charge in [0, 0.05) is 12.8 Å². The molecule has 4 unspecified atom stereocenters. The first-order valence-corrected chi connectivity index (χ1v) is 28.6. The molecular weight excluding hydrogens is 925 g/mol. The number of hydrogen-bond donors (Lipinski definition) is 7. The molecular formula is C57H102O15. The van der Waals surface area contributed by atoms with Crippen LogP contribution in [0.5, 0.6) is 0 Å². The molecule has 2 saturated heterocycles. The number of rotatable bonds is 45. The molecule has 0 aromatic rings. The summed E-state index contributed by atoms with van der Waals surface area (Å²) in [6.07, 6.45) is 31.7.